The lowest BCUT2D eigenvalue weighted by molar-refractivity contribution is 0.0915. The van der Waals surface area contributed by atoms with Crippen LogP contribution in [0.4, 0.5) is 10.3 Å². The minimum Gasteiger partial charge on any atom is -0.438 e. The molecule has 0 aliphatic heterocycles. The number of hydrogen-bond donors (Lipinski definition) is 2. The third-order valence-electron chi connectivity index (χ3n) is 6.04. The van der Waals surface area contributed by atoms with Crippen LogP contribution in [0.25, 0.3) is 11.3 Å². The largest absolute Gasteiger partial charge is 0.438 e. The molecule has 1 amide bonds. The Balaban J connectivity index is 1.54. The fourth-order valence-electron chi connectivity index (χ4n) is 4.19. The van der Waals surface area contributed by atoms with E-state index < -0.39 is 11.7 Å². The second-order valence-corrected chi connectivity index (χ2v) is 8.28. The van der Waals surface area contributed by atoms with Crippen molar-refractivity contribution >= 4 is 11.9 Å². The zero-order chi connectivity index (χ0) is 23.2. The number of halogens is 1. The van der Waals surface area contributed by atoms with Gasteiger partial charge in [0, 0.05) is 25.5 Å². The van der Waals surface area contributed by atoms with Crippen molar-refractivity contribution in [1.29, 1.82) is 0 Å². The first-order valence-electron chi connectivity index (χ1n) is 11.3. The zero-order valence-corrected chi connectivity index (χ0v) is 18.8. The van der Waals surface area contributed by atoms with Crippen molar-refractivity contribution < 1.29 is 13.9 Å². The molecule has 0 radical (unpaired) electrons. The fourth-order valence-corrected chi connectivity index (χ4v) is 4.19. The molecule has 1 aliphatic carbocycles. The Hall–Kier alpha value is -3.55. The number of nitrogens with zero attached hydrogens (tertiary/aromatic N) is 3. The van der Waals surface area contributed by atoms with E-state index in [2.05, 4.69) is 25.6 Å². The summed E-state index contributed by atoms with van der Waals surface area (Å²) < 4.78 is 20.5. The second kappa shape index (κ2) is 10.4. The van der Waals surface area contributed by atoms with Crippen LogP contribution in [-0.4, -0.2) is 33.9 Å². The standard InChI is InChI=1S/C25H28FN5O2/c1-16(17-7-4-3-5-8-17)30-23(32)20-15-18(10-11-21(20)26)33-24-19(9-6-13-28-24)22-12-14-29-25(27-2)31-22/h6,9-17H,3-5,7-8H2,1-2H3,(H,30,32)(H,27,29,31)/t16-/m1/s1. The van der Waals surface area contributed by atoms with Gasteiger partial charge in [-0.3, -0.25) is 4.79 Å². The maximum Gasteiger partial charge on any atom is 0.254 e. The Morgan fingerprint density at radius 1 is 1.12 bits per heavy atom. The summed E-state index contributed by atoms with van der Waals surface area (Å²) in [5.41, 5.74) is 1.23. The van der Waals surface area contributed by atoms with Gasteiger partial charge in [-0.05, 0) is 62.1 Å². The van der Waals surface area contributed by atoms with Gasteiger partial charge in [0.1, 0.15) is 11.6 Å². The first-order valence-corrected chi connectivity index (χ1v) is 11.3. The molecule has 7 nitrogen and oxygen atoms in total. The van der Waals surface area contributed by atoms with Crippen LogP contribution in [0, 0.1) is 11.7 Å². The molecule has 8 heteroatoms. The smallest absolute Gasteiger partial charge is 0.254 e. The molecule has 0 spiro atoms. The fraction of sp³-hybridized carbons (Fsp3) is 0.360. The van der Waals surface area contributed by atoms with E-state index in [9.17, 15) is 9.18 Å². The van der Waals surface area contributed by atoms with Gasteiger partial charge < -0.3 is 15.4 Å². The van der Waals surface area contributed by atoms with Gasteiger partial charge >= 0.3 is 0 Å². The van der Waals surface area contributed by atoms with Crippen LogP contribution in [-0.2, 0) is 0 Å². The number of pyridine rings is 1. The van der Waals surface area contributed by atoms with Gasteiger partial charge in [-0.1, -0.05) is 19.3 Å². The Bertz CT molecular complexity index is 1120. The summed E-state index contributed by atoms with van der Waals surface area (Å²) >= 11 is 0. The average molecular weight is 450 g/mol. The highest BCUT2D eigenvalue weighted by Gasteiger charge is 2.23. The van der Waals surface area contributed by atoms with E-state index in [0.29, 0.717) is 34.8 Å². The van der Waals surface area contributed by atoms with Crippen molar-refractivity contribution in [3.8, 4) is 22.9 Å². The van der Waals surface area contributed by atoms with E-state index in [4.69, 9.17) is 4.74 Å². The molecular weight excluding hydrogens is 421 g/mol. The number of nitrogens with one attached hydrogen (secondary N) is 2. The highest BCUT2D eigenvalue weighted by molar-refractivity contribution is 5.95. The van der Waals surface area contributed by atoms with Crippen LogP contribution < -0.4 is 15.4 Å². The third kappa shape index (κ3) is 5.45. The van der Waals surface area contributed by atoms with Crippen LogP contribution in [0.15, 0.2) is 48.8 Å². The van der Waals surface area contributed by atoms with Gasteiger partial charge in [0.25, 0.3) is 5.91 Å². The lowest BCUT2D eigenvalue weighted by Gasteiger charge is -2.28. The van der Waals surface area contributed by atoms with Gasteiger partial charge in [0.2, 0.25) is 11.8 Å². The van der Waals surface area contributed by atoms with Crippen LogP contribution >= 0.6 is 0 Å². The predicted molar refractivity (Wildman–Crippen MR) is 125 cm³/mol. The highest BCUT2D eigenvalue weighted by Crippen LogP contribution is 2.31. The molecule has 1 fully saturated rings. The number of carbonyl (C=O) groups is 1. The Labute approximate surface area is 192 Å². The molecule has 4 rings (SSSR count). The van der Waals surface area contributed by atoms with Crippen LogP contribution in [0.1, 0.15) is 49.4 Å². The first kappa shape index (κ1) is 22.6. The summed E-state index contributed by atoms with van der Waals surface area (Å²) in [7, 11) is 1.74. The van der Waals surface area contributed by atoms with E-state index in [0.717, 1.165) is 12.8 Å². The van der Waals surface area contributed by atoms with Crippen LogP contribution in [0.3, 0.4) is 0 Å². The van der Waals surface area contributed by atoms with Gasteiger partial charge in [0.05, 0.1) is 16.8 Å². The van der Waals surface area contributed by atoms with Crippen molar-refractivity contribution in [1.82, 2.24) is 20.3 Å². The summed E-state index contributed by atoms with van der Waals surface area (Å²) in [6.07, 6.45) is 9.02. The number of anilines is 1. The molecular formula is C25H28FN5O2. The number of benzene rings is 1. The third-order valence-corrected chi connectivity index (χ3v) is 6.04. The molecule has 0 unspecified atom stereocenters. The normalized spacial score (nSPS) is 15.0. The topological polar surface area (TPSA) is 89.0 Å². The molecule has 2 N–H and O–H groups in total. The van der Waals surface area contributed by atoms with Crippen LogP contribution in [0.5, 0.6) is 11.6 Å². The maximum absolute atomic E-state index is 14.5. The predicted octanol–water partition coefficient (Wildman–Crippen LogP) is 5.21. The Morgan fingerprint density at radius 2 is 1.94 bits per heavy atom. The van der Waals surface area contributed by atoms with Crippen molar-refractivity contribution in [2.45, 2.75) is 45.1 Å². The monoisotopic (exact) mass is 449 g/mol. The van der Waals surface area contributed by atoms with E-state index in [1.807, 2.05) is 13.0 Å². The number of amides is 1. The molecule has 172 valence electrons. The number of ether oxygens (including phenoxy) is 1. The Kier molecular flexibility index (Phi) is 7.12. The van der Waals surface area contributed by atoms with Crippen molar-refractivity contribution in [2.24, 2.45) is 5.92 Å². The number of hydrogen-bond acceptors (Lipinski definition) is 6. The van der Waals surface area contributed by atoms with Crippen LogP contribution in [0.2, 0.25) is 0 Å². The molecule has 2 heterocycles. The summed E-state index contributed by atoms with van der Waals surface area (Å²) in [6, 6.07) is 9.47. The zero-order valence-electron chi connectivity index (χ0n) is 18.8. The summed E-state index contributed by atoms with van der Waals surface area (Å²) in [5, 5.41) is 5.88. The molecule has 2 aromatic heterocycles. The molecule has 1 saturated carbocycles. The molecule has 0 bridgehead atoms. The van der Waals surface area contributed by atoms with Gasteiger partial charge in [0.15, 0.2) is 0 Å². The maximum atomic E-state index is 14.5. The van der Waals surface area contributed by atoms with Gasteiger partial charge in [-0.15, -0.1) is 0 Å². The minimum absolute atomic E-state index is 0.0108. The minimum atomic E-state index is -0.591. The van der Waals surface area contributed by atoms with Gasteiger partial charge in [-0.25, -0.2) is 19.3 Å². The second-order valence-electron chi connectivity index (χ2n) is 8.28. The molecule has 0 saturated heterocycles. The first-order chi connectivity index (χ1) is 16.0. The van der Waals surface area contributed by atoms with E-state index in [1.165, 1.54) is 37.5 Å². The molecule has 1 aliphatic rings. The highest BCUT2D eigenvalue weighted by atomic mass is 19.1. The molecule has 1 aromatic carbocycles. The molecule has 1 atom stereocenters. The van der Waals surface area contributed by atoms with Crippen molar-refractivity contribution in [3.63, 3.8) is 0 Å². The quantitative estimate of drug-likeness (QED) is 0.515. The lowest BCUT2D eigenvalue weighted by atomic mass is 9.84. The molecule has 3 aromatic rings. The van der Waals surface area contributed by atoms with E-state index >= 15 is 0 Å². The SMILES string of the molecule is CNc1nccc(-c2cccnc2Oc2ccc(F)c(C(=O)N[C@H](C)C3CCCCC3)c2)n1. The van der Waals surface area contributed by atoms with Gasteiger partial charge in [-0.2, -0.15) is 0 Å². The summed E-state index contributed by atoms with van der Waals surface area (Å²) in [5.74, 6) is 0.478. The van der Waals surface area contributed by atoms with Crippen molar-refractivity contribution in [2.75, 3.05) is 12.4 Å². The number of carbonyl (C=O) groups excluding carboxylic acids is 1. The number of rotatable bonds is 7. The average Bonchev–Trinajstić information content (AvgIpc) is 2.86. The summed E-state index contributed by atoms with van der Waals surface area (Å²) in [4.78, 5) is 25.7. The number of aromatic nitrogens is 3. The molecule has 33 heavy (non-hydrogen) atoms. The van der Waals surface area contributed by atoms with E-state index in [1.54, 1.807) is 31.6 Å². The van der Waals surface area contributed by atoms with Crippen molar-refractivity contribution in [3.05, 3.63) is 60.2 Å². The lowest BCUT2D eigenvalue weighted by Crippen LogP contribution is -2.39. The Morgan fingerprint density at radius 3 is 2.73 bits per heavy atom. The van der Waals surface area contributed by atoms with E-state index in [-0.39, 0.29) is 11.6 Å². The summed E-state index contributed by atoms with van der Waals surface area (Å²) in [6.45, 7) is 1.99.